The third kappa shape index (κ3) is 4.08. The summed E-state index contributed by atoms with van der Waals surface area (Å²) in [4.78, 5) is 0. The predicted octanol–water partition coefficient (Wildman–Crippen LogP) is 5.57. The van der Waals surface area contributed by atoms with Crippen molar-refractivity contribution in [3.63, 3.8) is 0 Å². The maximum Gasteiger partial charge on any atom is 0.169 e. The smallest absolute Gasteiger partial charge is 0.169 e. The summed E-state index contributed by atoms with van der Waals surface area (Å²) in [6, 6.07) is 8.68. The number of fused-ring (bicyclic) bond motifs is 4. The number of hydrogen-bond acceptors (Lipinski definition) is 4. The normalized spacial score (nSPS) is 38.5. The van der Waals surface area contributed by atoms with Gasteiger partial charge in [0.1, 0.15) is 6.61 Å². The van der Waals surface area contributed by atoms with E-state index in [4.69, 9.17) is 14.6 Å². The van der Waals surface area contributed by atoms with E-state index in [1.165, 1.54) is 18.4 Å². The Hall–Kier alpha value is -1.64. The van der Waals surface area contributed by atoms with E-state index < -0.39 is 5.79 Å². The van der Waals surface area contributed by atoms with Crippen molar-refractivity contribution in [3.05, 3.63) is 46.5 Å². The highest BCUT2D eigenvalue weighted by Crippen LogP contribution is 2.64. The second-order valence-corrected chi connectivity index (χ2v) is 13.3. The minimum atomic E-state index is -0.396. The molecule has 0 bridgehead atoms. The van der Waals surface area contributed by atoms with Crippen molar-refractivity contribution < 1.29 is 19.7 Å². The van der Waals surface area contributed by atoms with Gasteiger partial charge >= 0.3 is 0 Å². The molecule has 1 aromatic rings. The predicted molar refractivity (Wildman–Crippen MR) is 140 cm³/mol. The van der Waals surface area contributed by atoms with E-state index in [-0.39, 0.29) is 23.5 Å². The molecule has 0 aromatic heterocycles. The van der Waals surface area contributed by atoms with Crippen molar-refractivity contribution >= 4 is 0 Å². The highest BCUT2D eigenvalue weighted by atomic mass is 16.7. The van der Waals surface area contributed by atoms with Crippen molar-refractivity contribution in [1.82, 2.24) is 0 Å². The van der Waals surface area contributed by atoms with Gasteiger partial charge in [-0.15, -0.1) is 0 Å². The first-order valence-corrected chi connectivity index (χ1v) is 14.1. The lowest BCUT2D eigenvalue weighted by atomic mass is 9.52. The minimum absolute atomic E-state index is 0.0152. The van der Waals surface area contributed by atoms with Crippen LogP contribution in [0.25, 0.3) is 0 Å². The van der Waals surface area contributed by atoms with Crippen LogP contribution >= 0.6 is 0 Å². The molecular formula is C32H42O4. The highest BCUT2D eigenvalue weighted by molar-refractivity contribution is 5.43. The van der Waals surface area contributed by atoms with Gasteiger partial charge in [0.25, 0.3) is 0 Å². The fourth-order valence-electron chi connectivity index (χ4n) is 8.44. The maximum atomic E-state index is 11.1. The lowest BCUT2D eigenvalue weighted by molar-refractivity contribution is -0.312. The number of ether oxygens (including phenoxy) is 2. The number of allylic oxidation sites excluding steroid dienone is 2. The summed E-state index contributed by atoms with van der Waals surface area (Å²) in [5, 5.41) is 20.2. The van der Waals surface area contributed by atoms with Crippen LogP contribution in [0, 0.1) is 40.4 Å². The molecule has 0 radical (unpaired) electrons. The van der Waals surface area contributed by atoms with Crippen LogP contribution in [0.1, 0.15) is 89.2 Å². The summed E-state index contributed by atoms with van der Waals surface area (Å²) in [6.07, 6.45) is 8.35. The summed E-state index contributed by atoms with van der Waals surface area (Å²) in [7, 11) is 0. The van der Waals surface area contributed by atoms with E-state index in [1.54, 1.807) is 11.1 Å². The minimum Gasteiger partial charge on any atom is -0.393 e. The zero-order valence-electron chi connectivity index (χ0n) is 22.2. The molecule has 194 valence electrons. The summed E-state index contributed by atoms with van der Waals surface area (Å²) in [6.45, 7) is 8.25. The second-order valence-electron chi connectivity index (χ2n) is 13.3. The first-order chi connectivity index (χ1) is 17.2. The molecule has 1 aromatic carbocycles. The van der Waals surface area contributed by atoms with Gasteiger partial charge in [-0.1, -0.05) is 55.9 Å². The third-order valence-electron chi connectivity index (χ3n) is 10.4. The Morgan fingerprint density at radius 2 is 1.72 bits per heavy atom. The highest BCUT2D eigenvalue weighted by Gasteiger charge is 2.57. The third-order valence-corrected chi connectivity index (χ3v) is 10.4. The van der Waals surface area contributed by atoms with Gasteiger partial charge in [0.2, 0.25) is 0 Å². The molecule has 1 spiro atoms. The van der Waals surface area contributed by atoms with Crippen molar-refractivity contribution in [2.45, 2.75) is 89.9 Å². The first kappa shape index (κ1) is 24.7. The zero-order valence-corrected chi connectivity index (χ0v) is 22.2. The molecular weight excluding hydrogens is 448 g/mol. The van der Waals surface area contributed by atoms with E-state index in [1.807, 2.05) is 0 Å². The van der Waals surface area contributed by atoms with E-state index in [0.717, 1.165) is 57.3 Å². The first-order valence-electron chi connectivity index (χ1n) is 14.1. The molecule has 6 atom stereocenters. The van der Waals surface area contributed by atoms with Crippen LogP contribution in [0.2, 0.25) is 0 Å². The van der Waals surface area contributed by atoms with Crippen molar-refractivity contribution in [1.29, 1.82) is 0 Å². The average molecular weight is 491 g/mol. The monoisotopic (exact) mass is 490 g/mol. The van der Waals surface area contributed by atoms with Gasteiger partial charge in [-0.2, -0.15) is 0 Å². The van der Waals surface area contributed by atoms with Gasteiger partial charge in [0, 0.05) is 29.7 Å². The number of aliphatic hydroxyl groups is 2. The molecule has 4 heteroatoms. The number of aliphatic hydroxyl groups excluding tert-OH is 2. The molecule has 4 aliphatic carbocycles. The van der Waals surface area contributed by atoms with Gasteiger partial charge in [-0.3, -0.25) is 0 Å². The average Bonchev–Trinajstić information content (AvgIpc) is 3.18. The van der Waals surface area contributed by atoms with Gasteiger partial charge in [0.15, 0.2) is 5.79 Å². The van der Waals surface area contributed by atoms with Crippen LogP contribution in [0.5, 0.6) is 0 Å². The molecule has 1 heterocycles. The quantitative estimate of drug-likeness (QED) is 0.399. The maximum absolute atomic E-state index is 11.1. The largest absolute Gasteiger partial charge is 0.393 e. The molecule has 1 aliphatic heterocycles. The Bertz CT molecular complexity index is 1080. The number of benzene rings is 1. The van der Waals surface area contributed by atoms with Gasteiger partial charge < -0.3 is 19.7 Å². The molecule has 4 nitrogen and oxygen atoms in total. The lowest BCUT2D eigenvalue weighted by Gasteiger charge is -2.55. The molecule has 3 saturated carbocycles. The van der Waals surface area contributed by atoms with Crippen LogP contribution in [-0.4, -0.2) is 41.9 Å². The van der Waals surface area contributed by atoms with Gasteiger partial charge in [-0.25, -0.2) is 0 Å². The molecule has 2 N–H and O–H groups in total. The van der Waals surface area contributed by atoms with E-state index in [2.05, 4.69) is 56.9 Å². The summed E-state index contributed by atoms with van der Waals surface area (Å²) in [5.74, 6) is 7.45. The topological polar surface area (TPSA) is 58.9 Å². The lowest BCUT2D eigenvalue weighted by Crippen LogP contribution is -2.52. The molecule has 4 fully saturated rings. The molecule has 6 unspecified atom stereocenters. The standard InChI is InChI=1S/C32H42O4/c1-30(2)19-35-32(36-20-30)15-14-24-23(17-32)10-11-25-27-12-13-28(34)31(27,3)18-26(29(24)25)22-8-6-21(7-9-22)5-4-16-33/h6-9,23,25-28,33-34H,10-20H2,1-3H3. The SMILES string of the molecule is CC1(C)COC2(CCC3=C4C(c5ccc(C#CCO)cc5)CC5(C)C(O)CCC5C4CCC3C2)OC1. The van der Waals surface area contributed by atoms with Crippen LogP contribution in [0.15, 0.2) is 35.4 Å². The van der Waals surface area contributed by atoms with Crippen molar-refractivity contribution in [2.24, 2.45) is 28.6 Å². The van der Waals surface area contributed by atoms with Crippen LogP contribution in [-0.2, 0) is 9.47 Å². The summed E-state index contributed by atoms with van der Waals surface area (Å²) < 4.78 is 12.9. The van der Waals surface area contributed by atoms with E-state index >= 15 is 0 Å². The Kier molecular flexibility index (Phi) is 6.16. The van der Waals surface area contributed by atoms with E-state index in [9.17, 15) is 5.11 Å². The molecule has 1 saturated heterocycles. The van der Waals surface area contributed by atoms with Gasteiger partial charge in [0.05, 0.1) is 19.3 Å². The summed E-state index contributed by atoms with van der Waals surface area (Å²) in [5.41, 5.74) is 5.76. The second kappa shape index (κ2) is 8.98. The molecule has 6 rings (SSSR count). The number of hydrogen-bond donors (Lipinski definition) is 2. The Labute approximate surface area is 216 Å². The zero-order chi connectivity index (χ0) is 25.1. The Balaban J connectivity index is 1.36. The molecule has 36 heavy (non-hydrogen) atoms. The van der Waals surface area contributed by atoms with Crippen LogP contribution < -0.4 is 0 Å². The fraction of sp³-hybridized carbons (Fsp3) is 0.688. The Morgan fingerprint density at radius 1 is 0.972 bits per heavy atom. The van der Waals surface area contributed by atoms with Crippen molar-refractivity contribution in [2.75, 3.05) is 19.8 Å². The molecule has 5 aliphatic rings. The molecule has 0 amide bonds. The fourth-order valence-corrected chi connectivity index (χ4v) is 8.44. The van der Waals surface area contributed by atoms with E-state index in [0.29, 0.717) is 23.7 Å². The van der Waals surface area contributed by atoms with Crippen LogP contribution in [0.4, 0.5) is 0 Å². The van der Waals surface area contributed by atoms with Crippen LogP contribution in [0.3, 0.4) is 0 Å². The van der Waals surface area contributed by atoms with Gasteiger partial charge in [-0.05, 0) is 79.4 Å². The number of rotatable bonds is 1. The Morgan fingerprint density at radius 3 is 2.44 bits per heavy atom. The van der Waals surface area contributed by atoms with Crippen molar-refractivity contribution in [3.8, 4) is 11.8 Å². The summed E-state index contributed by atoms with van der Waals surface area (Å²) >= 11 is 0.